The zero-order chi connectivity index (χ0) is 19.8. The molecule has 0 aliphatic carbocycles. The van der Waals surface area contributed by atoms with Crippen LogP contribution in [0.15, 0.2) is 60.8 Å². The molecule has 1 aromatic heterocycles. The van der Waals surface area contributed by atoms with E-state index in [-0.39, 0.29) is 23.3 Å². The lowest BCUT2D eigenvalue weighted by Crippen LogP contribution is -2.18. The summed E-state index contributed by atoms with van der Waals surface area (Å²) in [5.74, 6) is 0.141. The monoisotopic (exact) mass is 411 g/mol. The second-order valence-electron chi connectivity index (χ2n) is 6.25. The molecule has 7 heteroatoms. The molecule has 0 saturated carbocycles. The van der Waals surface area contributed by atoms with E-state index >= 15 is 0 Å². The minimum absolute atomic E-state index is 0.124. The molecule has 0 aliphatic rings. The fraction of sp³-hybridized carbons (Fsp3) is 0.190. The molecule has 144 valence electrons. The van der Waals surface area contributed by atoms with Crippen molar-refractivity contribution in [1.29, 1.82) is 0 Å². The zero-order valence-electron chi connectivity index (χ0n) is 15.5. The van der Waals surface area contributed by atoms with Crippen LogP contribution >= 0.6 is 23.1 Å². The van der Waals surface area contributed by atoms with Crippen LogP contribution in [0.1, 0.15) is 16.0 Å². The largest absolute Gasteiger partial charge is 0.325 e. The first kappa shape index (κ1) is 20.1. The number of rotatable bonds is 8. The summed E-state index contributed by atoms with van der Waals surface area (Å²) in [5, 5.41) is 6.19. The molecule has 2 amide bonds. The number of nitrogens with zero attached hydrogens (tertiary/aromatic N) is 1. The summed E-state index contributed by atoms with van der Waals surface area (Å²) in [6.45, 7) is 1.99. The van der Waals surface area contributed by atoms with Gasteiger partial charge in [-0.15, -0.1) is 23.1 Å². The molecule has 3 rings (SSSR count). The predicted molar refractivity (Wildman–Crippen MR) is 117 cm³/mol. The van der Waals surface area contributed by atoms with Crippen LogP contribution in [0.5, 0.6) is 0 Å². The van der Waals surface area contributed by atoms with Gasteiger partial charge >= 0.3 is 0 Å². The van der Waals surface area contributed by atoms with Gasteiger partial charge in [-0.2, -0.15) is 0 Å². The second-order valence-corrected chi connectivity index (χ2v) is 8.35. The van der Waals surface area contributed by atoms with Crippen molar-refractivity contribution in [1.82, 2.24) is 4.98 Å². The number of carbonyl (C=O) groups excluding carboxylic acids is 2. The summed E-state index contributed by atoms with van der Waals surface area (Å²) in [4.78, 5) is 29.3. The van der Waals surface area contributed by atoms with E-state index in [1.807, 2.05) is 49.4 Å². The quantitative estimate of drug-likeness (QED) is 0.578. The molecular weight excluding hydrogens is 390 g/mol. The van der Waals surface area contributed by atoms with Crippen LogP contribution in [0.4, 0.5) is 10.8 Å². The molecule has 0 bridgehead atoms. The highest BCUT2D eigenvalue weighted by atomic mass is 32.2. The van der Waals surface area contributed by atoms with Crippen molar-refractivity contribution in [3.05, 3.63) is 76.8 Å². The molecular formula is C21H21N3O2S2. The highest BCUT2D eigenvalue weighted by Gasteiger charge is 2.09. The minimum atomic E-state index is -0.159. The Morgan fingerprint density at radius 2 is 1.64 bits per heavy atom. The van der Waals surface area contributed by atoms with Gasteiger partial charge < -0.3 is 10.6 Å². The Morgan fingerprint density at radius 3 is 2.36 bits per heavy atom. The molecule has 0 unspecified atom stereocenters. The van der Waals surface area contributed by atoms with Gasteiger partial charge in [0.15, 0.2) is 5.13 Å². The van der Waals surface area contributed by atoms with Crippen LogP contribution in [-0.4, -0.2) is 28.3 Å². The number of hydrogen-bond donors (Lipinski definition) is 2. The van der Waals surface area contributed by atoms with Gasteiger partial charge in [0.2, 0.25) is 11.8 Å². The van der Waals surface area contributed by atoms with Crippen molar-refractivity contribution < 1.29 is 9.59 Å². The highest BCUT2D eigenvalue weighted by Crippen LogP contribution is 2.21. The van der Waals surface area contributed by atoms with Crippen LogP contribution in [0, 0.1) is 6.92 Å². The van der Waals surface area contributed by atoms with E-state index in [1.54, 1.807) is 6.20 Å². The van der Waals surface area contributed by atoms with Crippen LogP contribution in [0.3, 0.4) is 0 Å². The third-order valence-corrected chi connectivity index (χ3v) is 5.67. The number of thiazole rings is 1. The summed E-state index contributed by atoms with van der Waals surface area (Å²) >= 11 is 2.74. The van der Waals surface area contributed by atoms with Crippen molar-refractivity contribution in [2.75, 3.05) is 22.1 Å². The van der Waals surface area contributed by atoms with E-state index in [2.05, 4.69) is 27.8 Å². The number of anilines is 2. The summed E-state index contributed by atoms with van der Waals surface area (Å²) in [5.41, 5.74) is 3.10. The van der Waals surface area contributed by atoms with Gasteiger partial charge in [0, 0.05) is 23.2 Å². The number of thioether (sulfide) groups is 1. The summed E-state index contributed by atoms with van der Waals surface area (Å²) in [7, 11) is 0. The average Bonchev–Trinajstić information content (AvgIpc) is 3.11. The normalized spacial score (nSPS) is 10.5. The van der Waals surface area contributed by atoms with Gasteiger partial charge in [0.1, 0.15) is 0 Å². The van der Waals surface area contributed by atoms with Gasteiger partial charge in [0.25, 0.3) is 0 Å². The molecule has 0 fully saturated rings. The van der Waals surface area contributed by atoms with Crippen LogP contribution in [0.2, 0.25) is 0 Å². The first-order chi connectivity index (χ1) is 13.6. The topological polar surface area (TPSA) is 71.1 Å². The van der Waals surface area contributed by atoms with Crippen molar-refractivity contribution >= 4 is 45.7 Å². The maximum atomic E-state index is 12.1. The molecule has 0 aliphatic heterocycles. The van der Waals surface area contributed by atoms with E-state index in [0.29, 0.717) is 5.13 Å². The fourth-order valence-corrected chi connectivity index (χ4v) is 3.95. The van der Waals surface area contributed by atoms with Gasteiger partial charge in [-0.25, -0.2) is 4.98 Å². The molecule has 0 spiro atoms. The van der Waals surface area contributed by atoms with Gasteiger partial charge in [0.05, 0.1) is 11.5 Å². The van der Waals surface area contributed by atoms with Gasteiger partial charge in [-0.05, 0) is 24.6 Å². The molecule has 3 aromatic rings. The van der Waals surface area contributed by atoms with E-state index in [0.717, 1.165) is 22.5 Å². The summed E-state index contributed by atoms with van der Waals surface area (Å²) in [6, 6.07) is 17.7. The van der Waals surface area contributed by atoms with Crippen molar-refractivity contribution in [3.8, 4) is 0 Å². The SMILES string of the molecule is Cc1ccc(NC(=O)CSCC(=O)Nc2ncc(Cc3ccccc3)s2)cc1. The lowest BCUT2D eigenvalue weighted by Gasteiger charge is -2.05. The van der Waals surface area contributed by atoms with Gasteiger partial charge in [-0.1, -0.05) is 48.0 Å². The number of benzene rings is 2. The minimum Gasteiger partial charge on any atom is -0.325 e. The number of carbonyl (C=O) groups is 2. The van der Waals surface area contributed by atoms with Crippen molar-refractivity contribution in [3.63, 3.8) is 0 Å². The third kappa shape index (κ3) is 6.51. The Kier molecular flexibility index (Phi) is 7.22. The molecule has 0 radical (unpaired) electrons. The summed E-state index contributed by atoms with van der Waals surface area (Å²) < 4.78 is 0. The molecule has 28 heavy (non-hydrogen) atoms. The van der Waals surface area contributed by atoms with Crippen LogP contribution in [-0.2, 0) is 16.0 Å². The molecule has 0 saturated heterocycles. The maximum absolute atomic E-state index is 12.1. The molecule has 0 atom stereocenters. The Morgan fingerprint density at radius 1 is 0.964 bits per heavy atom. The Balaban J connectivity index is 1.38. The molecule has 1 heterocycles. The Labute approximate surface area is 172 Å². The highest BCUT2D eigenvalue weighted by molar-refractivity contribution is 8.00. The van der Waals surface area contributed by atoms with E-state index in [4.69, 9.17) is 0 Å². The number of hydrogen-bond acceptors (Lipinski definition) is 5. The average molecular weight is 412 g/mol. The van der Waals surface area contributed by atoms with Crippen LogP contribution < -0.4 is 10.6 Å². The zero-order valence-corrected chi connectivity index (χ0v) is 17.1. The smallest absolute Gasteiger partial charge is 0.236 e. The summed E-state index contributed by atoms with van der Waals surface area (Å²) in [6.07, 6.45) is 2.58. The van der Waals surface area contributed by atoms with Crippen molar-refractivity contribution in [2.24, 2.45) is 0 Å². The van der Waals surface area contributed by atoms with Crippen molar-refractivity contribution in [2.45, 2.75) is 13.3 Å². The lowest BCUT2D eigenvalue weighted by atomic mass is 10.1. The number of aryl methyl sites for hydroxylation is 1. The number of nitrogens with one attached hydrogen (secondary N) is 2. The Bertz CT molecular complexity index is 924. The lowest BCUT2D eigenvalue weighted by molar-refractivity contribution is -0.114. The standard InChI is InChI=1S/C21H21N3O2S2/c1-15-7-9-17(10-8-15)23-19(25)13-27-14-20(26)24-21-22-12-18(28-21)11-16-5-3-2-4-6-16/h2-10,12H,11,13-14H2,1H3,(H,23,25)(H,22,24,26). The van der Waals surface area contributed by atoms with E-state index < -0.39 is 0 Å². The Hall–Kier alpha value is -2.64. The van der Waals surface area contributed by atoms with E-state index in [1.165, 1.54) is 28.7 Å². The van der Waals surface area contributed by atoms with E-state index in [9.17, 15) is 9.59 Å². The van der Waals surface area contributed by atoms with Crippen LogP contribution in [0.25, 0.3) is 0 Å². The third-order valence-electron chi connectivity index (χ3n) is 3.82. The first-order valence-electron chi connectivity index (χ1n) is 8.81. The first-order valence-corrected chi connectivity index (χ1v) is 10.8. The number of aromatic nitrogens is 1. The maximum Gasteiger partial charge on any atom is 0.236 e. The predicted octanol–water partition coefficient (Wildman–Crippen LogP) is 4.35. The molecule has 5 nitrogen and oxygen atoms in total. The fourth-order valence-electron chi connectivity index (χ4n) is 2.47. The van der Waals surface area contributed by atoms with Gasteiger partial charge in [-0.3, -0.25) is 9.59 Å². The molecule has 2 N–H and O–H groups in total. The number of amides is 2. The molecule has 2 aromatic carbocycles. The second kappa shape index (κ2) is 10.1.